The molecule has 4 nitrogen and oxygen atoms in total. The van der Waals surface area contributed by atoms with Crippen LogP contribution in [0.2, 0.25) is 0 Å². The van der Waals surface area contributed by atoms with Crippen molar-refractivity contribution in [2.45, 2.75) is 13.3 Å². The first kappa shape index (κ1) is 11.4. The van der Waals surface area contributed by atoms with Gasteiger partial charge in [-0.25, -0.2) is 0 Å². The number of aliphatic hydroxyl groups excluding tert-OH is 1. The van der Waals surface area contributed by atoms with Gasteiger partial charge in [-0.3, -0.25) is 9.59 Å². The maximum Gasteiger partial charge on any atom is 0.216 e. The minimum atomic E-state index is -0.105. The predicted octanol–water partition coefficient (Wildman–Crippen LogP) is -0.235. The highest BCUT2D eigenvalue weighted by Crippen LogP contribution is 2.02. The first-order chi connectivity index (χ1) is 5.66. The Bertz CT molecular complexity index is 161. The molecule has 0 rings (SSSR count). The number of amides is 1. The second kappa shape index (κ2) is 7.12. The van der Waals surface area contributed by atoms with Crippen LogP contribution in [-0.2, 0) is 9.59 Å². The highest BCUT2D eigenvalue weighted by Gasteiger charge is 2.00. The first-order valence-electron chi connectivity index (χ1n) is 3.67. The Kier molecular flexibility index (Phi) is 6.79. The molecule has 0 heterocycles. The van der Waals surface area contributed by atoms with Crippen LogP contribution in [0.1, 0.15) is 13.3 Å². The maximum absolute atomic E-state index is 10.8. The maximum atomic E-state index is 10.8. The van der Waals surface area contributed by atoms with Gasteiger partial charge in [0, 0.05) is 25.6 Å². The largest absolute Gasteiger partial charge is 0.396 e. The topological polar surface area (TPSA) is 66.4 Å². The average molecular weight is 191 g/mol. The van der Waals surface area contributed by atoms with Crippen LogP contribution in [0.3, 0.4) is 0 Å². The van der Waals surface area contributed by atoms with Crippen molar-refractivity contribution in [1.82, 2.24) is 5.32 Å². The average Bonchev–Trinajstić information content (AvgIpc) is 1.98. The van der Waals surface area contributed by atoms with E-state index in [2.05, 4.69) is 5.32 Å². The lowest BCUT2D eigenvalue weighted by atomic mass is 10.5. The fourth-order valence-electron chi connectivity index (χ4n) is 0.555. The van der Waals surface area contributed by atoms with Crippen LogP contribution >= 0.6 is 11.8 Å². The van der Waals surface area contributed by atoms with E-state index in [1.807, 2.05) is 0 Å². The highest BCUT2D eigenvalue weighted by molar-refractivity contribution is 8.13. The zero-order valence-corrected chi connectivity index (χ0v) is 7.82. The molecule has 0 bridgehead atoms. The van der Waals surface area contributed by atoms with Crippen LogP contribution in [0.15, 0.2) is 0 Å². The van der Waals surface area contributed by atoms with Crippen molar-refractivity contribution < 1.29 is 14.7 Å². The molecule has 0 radical (unpaired) electrons. The molecular formula is C7H13NO3S. The van der Waals surface area contributed by atoms with Crippen molar-refractivity contribution in [3.63, 3.8) is 0 Å². The van der Waals surface area contributed by atoms with Gasteiger partial charge in [0.05, 0.1) is 6.61 Å². The molecule has 0 unspecified atom stereocenters. The quantitative estimate of drug-likeness (QED) is 0.589. The number of rotatable bonds is 5. The van der Waals surface area contributed by atoms with Crippen LogP contribution in [0.25, 0.3) is 0 Å². The van der Waals surface area contributed by atoms with Gasteiger partial charge in [0.2, 0.25) is 5.91 Å². The fraction of sp³-hybridized carbons (Fsp3) is 0.714. The molecule has 0 fully saturated rings. The molecule has 0 aliphatic rings. The SMILES string of the molecule is CC(=O)NCCSC(=O)CCO. The molecule has 0 aliphatic heterocycles. The minimum absolute atomic E-state index is 0.0390. The Hall–Kier alpha value is -0.550. The van der Waals surface area contributed by atoms with Crippen molar-refractivity contribution in [3.8, 4) is 0 Å². The van der Waals surface area contributed by atoms with Gasteiger partial charge in [0.1, 0.15) is 0 Å². The lowest BCUT2D eigenvalue weighted by Gasteiger charge is -1.99. The molecular weight excluding hydrogens is 178 g/mol. The highest BCUT2D eigenvalue weighted by atomic mass is 32.2. The van der Waals surface area contributed by atoms with Gasteiger partial charge < -0.3 is 10.4 Å². The van der Waals surface area contributed by atoms with Crippen molar-refractivity contribution in [1.29, 1.82) is 0 Å². The zero-order chi connectivity index (χ0) is 9.40. The van der Waals surface area contributed by atoms with E-state index < -0.39 is 0 Å². The van der Waals surface area contributed by atoms with Crippen LogP contribution < -0.4 is 5.32 Å². The van der Waals surface area contributed by atoms with Gasteiger partial charge in [-0.05, 0) is 0 Å². The van der Waals surface area contributed by atoms with E-state index in [9.17, 15) is 9.59 Å². The smallest absolute Gasteiger partial charge is 0.216 e. The van der Waals surface area contributed by atoms with Crippen LogP contribution in [0.4, 0.5) is 0 Å². The molecule has 0 aromatic rings. The number of carbonyl (C=O) groups is 2. The Labute approximate surface area is 75.7 Å². The number of thioether (sulfide) groups is 1. The van der Waals surface area contributed by atoms with E-state index in [4.69, 9.17) is 5.11 Å². The standard InChI is InChI=1S/C7H13NO3S/c1-6(10)8-3-5-12-7(11)2-4-9/h9H,2-5H2,1H3,(H,8,10). The summed E-state index contributed by atoms with van der Waals surface area (Å²) in [6.07, 6.45) is 0.185. The van der Waals surface area contributed by atoms with Gasteiger partial charge in [-0.2, -0.15) is 0 Å². The zero-order valence-electron chi connectivity index (χ0n) is 7.00. The summed E-state index contributed by atoms with van der Waals surface area (Å²) < 4.78 is 0. The number of nitrogens with one attached hydrogen (secondary N) is 1. The molecule has 0 saturated carbocycles. The van der Waals surface area contributed by atoms with E-state index in [1.165, 1.54) is 6.92 Å². The van der Waals surface area contributed by atoms with Gasteiger partial charge in [0.15, 0.2) is 5.12 Å². The molecule has 0 spiro atoms. The molecule has 0 aromatic carbocycles. The van der Waals surface area contributed by atoms with Crippen LogP contribution in [-0.4, -0.2) is 35.0 Å². The van der Waals surface area contributed by atoms with Gasteiger partial charge in [-0.1, -0.05) is 11.8 Å². The van der Waals surface area contributed by atoms with Crippen molar-refractivity contribution in [2.75, 3.05) is 18.9 Å². The molecule has 0 saturated heterocycles. The minimum Gasteiger partial charge on any atom is -0.396 e. The Balaban J connectivity index is 3.19. The van der Waals surface area contributed by atoms with E-state index in [0.717, 1.165) is 11.8 Å². The first-order valence-corrected chi connectivity index (χ1v) is 4.66. The second-order valence-corrected chi connectivity index (χ2v) is 3.33. The van der Waals surface area contributed by atoms with Gasteiger partial charge >= 0.3 is 0 Å². The monoisotopic (exact) mass is 191 g/mol. The van der Waals surface area contributed by atoms with E-state index in [-0.39, 0.29) is 24.1 Å². The third-order valence-electron chi connectivity index (χ3n) is 1.05. The molecule has 0 atom stereocenters. The summed E-state index contributed by atoms with van der Waals surface area (Å²) in [5.41, 5.74) is 0. The van der Waals surface area contributed by atoms with Crippen LogP contribution in [0, 0.1) is 0 Å². The summed E-state index contributed by atoms with van der Waals surface area (Å²) in [7, 11) is 0. The number of hydrogen-bond acceptors (Lipinski definition) is 4. The summed E-state index contributed by atoms with van der Waals surface area (Å²) in [6, 6.07) is 0. The second-order valence-electron chi connectivity index (χ2n) is 2.18. The molecule has 70 valence electrons. The predicted molar refractivity (Wildman–Crippen MR) is 47.9 cm³/mol. The van der Waals surface area contributed by atoms with E-state index in [1.54, 1.807) is 0 Å². The van der Waals surface area contributed by atoms with E-state index >= 15 is 0 Å². The molecule has 0 aliphatic carbocycles. The molecule has 12 heavy (non-hydrogen) atoms. The Morgan fingerprint density at radius 3 is 2.67 bits per heavy atom. The van der Waals surface area contributed by atoms with Crippen molar-refractivity contribution in [2.24, 2.45) is 0 Å². The van der Waals surface area contributed by atoms with Crippen molar-refractivity contribution in [3.05, 3.63) is 0 Å². The number of hydrogen-bond donors (Lipinski definition) is 2. The molecule has 2 N–H and O–H groups in total. The van der Waals surface area contributed by atoms with Gasteiger partial charge in [-0.15, -0.1) is 0 Å². The van der Waals surface area contributed by atoms with E-state index in [0.29, 0.717) is 12.3 Å². The normalized spacial score (nSPS) is 9.50. The third-order valence-corrected chi connectivity index (χ3v) is 1.99. The molecule has 0 aromatic heterocycles. The summed E-state index contributed by atoms with van der Waals surface area (Å²) in [5, 5.41) is 10.9. The Morgan fingerprint density at radius 2 is 2.17 bits per heavy atom. The van der Waals surface area contributed by atoms with Crippen molar-refractivity contribution >= 4 is 22.8 Å². The molecule has 5 heteroatoms. The Morgan fingerprint density at radius 1 is 1.50 bits per heavy atom. The van der Waals surface area contributed by atoms with Crippen LogP contribution in [0.5, 0.6) is 0 Å². The lowest BCUT2D eigenvalue weighted by Crippen LogP contribution is -2.22. The fourth-order valence-corrected chi connectivity index (χ4v) is 1.22. The van der Waals surface area contributed by atoms with Gasteiger partial charge in [0.25, 0.3) is 0 Å². The molecule has 1 amide bonds. The summed E-state index contributed by atoms with van der Waals surface area (Å²) >= 11 is 1.13. The summed E-state index contributed by atoms with van der Waals surface area (Å²) in [6.45, 7) is 1.82. The third kappa shape index (κ3) is 7.56. The number of carbonyl (C=O) groups excluding carboxylic acids is 2. The number of aliphatic hydroxyl groups is 1. The summed E-state index contributed by atoms with van der Waals surface area (Å²) in [4.78, 5) is 21.1. The lowest BCUT2D eigenvalue weighted by molar-refractivity contribution is -0.119. The summed E-state index contributed by atoms with van der Waals surface area (Å²) in [5.74, 6) is 0.475.